The Balaban J connectivity index is 2.01. The van der Waals surface area contributed by atoms with Gasteiger partial charge in [-0.1, -0.05) is 18.2 Å². The highest BCUT2D eigenvalue weighted by molar-refractivity contribution is 9.10. The molecule has 0 unspecified atom stereocenters. The molecule has 0 saturated heterocycles. The van der Waals surface area contributed by atoms with Crippen LogP contribution >= 0.6 is 15.9 Å². The quantitative estimate of drug-likeness (QED) is 0.630. The Kier molecular flexibility index (Phi) is 3.71. The van der Waals surface area contributed by atoms with E-state index in [2.05, 4.69) is 20.9 Å². The number of hydrogen-bond acceptors (Lipinski definition) is 3. The first-order chi connectivity index (χ1) is 10.1. The highest BCUT2D eigenvalue weighted by atomic mass is 79.9. The van der Waals surface area contributed by atoms with Gasteiger partial charge in [0, 0.05) is 17.1 Å². The second kappa shape index (κ2) is 5.66. The summed E-state index contributed by atoms with van der Waals surface area (Å²) in [5.41, 5.74) is 1.45. The summed E-state index contributed by atoms with van der Waals surface area (Å²) in [6.07, 6.45) is 1.74. The molecule has 0 spiro atoms. The minimum absolute atomic E-state index is 0.0223. The van der Waals surface area contributed by atoms with Crippen LogP contribution in [-0.2, 0) is 0 Å². The summed E-state index contributed by atoms with van der Waals surface area (Å²) >= 11 is 3.44. The Hall–Kier alpha value is -2.20. The number of Topliss-reactive ketones (excluding diaryl/α,β-unsaturated/α-hetero) is 1. The van der Waals surface area contributed by atoms with Crippen LogP contribution in [0.5, 0.6) is 11.5 Å². The van der Waals surface area contributed by atoms with Gasteiger partial charge in [0.15, 0.2) is 11.5 Å². The first-order valence-corrected chi connectivity index (χ1v) is 7.26. The van der Waals surface area contributed by atoms with E-state index in [-0.39, 0.29) is 5.78 Å². The van der Waals surface area contributed by atoms with Crippen LogP contribution in [0.4, 0.5) is 0 Å². The summed E-state index contributed by atoms with van der Waals surface area (Å²) in [4.78, 5) is 15.7. The topological polar surface area (TPSA) is 39.2 Å². The van der Waals surface area contributed by atoms with E-state index in [1.807, 2.05) is 30.3 Å². The molecule has 0 atom stereocenters. The molecule has 3 aromatic rings. The third kappa shape index (κ3) is 2.81. The molecule has 104 valence electrons. The first kappa shape index (κ1) is 13.8. The highest BCUT2D eigenvalue weighted by Gasteiger charge is 2.09. The fraction of sp³-hybridized carbons (Fsp3) is 0.0588. The normalized spacial score (nSPS) is 10.6. The zero-order chi connectivity index (χ0) is 14.8. The van der Waals surface area contributed by atoms with Crippen molar-refractivity contribution in [1.82, 2.24) is 4.98 Å². The van der Waals surface area contributed by atoms with Crippen LogP contribution in [0.3, 0.4) is 0 Å². The summed E-state index contributed by atoms with van der Waals surface area (Å²) in [5.74, 6) is 1.36. The van der Waals surface area contributed by atoms with Crippen molar-refractivity contribution < 1.29 is 9.53 Å². The summed E-state index contributed by atoms with van der Waals surface area (Å²) in [5, 5.41) is 1.02. The van der Waals surface area contributed by atoms with Gasteiger partial charge in [0.1, 0.15) is 11.3 Å². The first-order valence-electron chi connectivity index (χ1n) is 6.47. The van der Waals surface area contributed by atoms with Crippen LogP contribution < -0.4 is 4.74 Å². The number of carbonyl (C=O) groups is 1. The summed E-state index contributed by atoms with van der Waals surface area (Å²) in [7, 11) is 0. The molecule has 4 heteroatoms. The molecule has 21 heavy (non-hydrogen) atoms. The Bertz CT molecular complexity index is 825. The zero-order valence-electron chi connectivity index (χ0n) is 11.3. The molecule has 1 aromatic heterocycles. The number of nitrogens with zero attached hydrogens (tertiary/aromatic N) is 1. The lowest BCUT2D eigenvalue weighted by molar-refractivity contribution is 0.101. The van der Waals surface area contributed by atoms with E-state index in [1.54, 1.807) is 24.4 Å². The standard InChI is InChI=1S/C17H12BrNO2/c1-11(20)13-7-8-15(14(18)10-13)21-16-6-2-4-12-5-3-9-19-17(12)16/h2-10H,1H3. The van der Waals surface area contributed by atoms with Gasteiger partial charge in [0.2, 0.25) is 0 Å². The predicted molar refractivity (Wildman–Crippen MR) is 86.0 cm³/mol. The molecule has 0 aliphatic carbocycles. The molecule has 3 rings (SSSR count). The largest absolute Gasteiger partial charge is 0.454 e. The lowest BCUT2D eigenvalue weighted by atomic mass is 10.1. The Morgan fingerprint density at radius 2 is 1.90 bits per heavy atom. The third-order valence-electron chi connectivity index (χ3n) is 3.15. The fourth-order valence-corrected chi connectivity index (χ4v) is 2.54. The minimum Gasteiger partial charge on any atom is -0.454 e. The molecular weight excluding hydrogens is 330 g/mol. The van der Waals surface area contributed by atoms with Crippen LogP contribution in [0, 0.1) is 0 Å². The lowest BCUT2D eigenvalue weighted by Crippen LogP contribution is -1.93. The van der Waals surface area contributed by atoms with E-state index < -0.39 is 0 Å². The third-order valence-corrected chi connectivity index (χ3v) is 3.77. The van der Waals surface area contributed by atoms with Crippen LogP contribution in [0.15, 0.2) is 59.2 Å². The number of benzene rings is 2. The maximum Gasteiger partial charge on any atom is 0.159 e. The number of fused-ring (bicyclic) bond motifs is 1. The zero-order valence-corrected chi connectivity index (χ0v) is 12.9. The molecule has 0 aliphatic heterocycles. The van der Waals surface area contributed by atoms with Gasteiger partial charge < -0.3 is 4.74 Å². The summed E-state index contributed by atoms with van der Waals surface area (Å²) in [6, 6.07) is 15.0. The highest BCUT2D eigenvalue weighted by Crippen LogP contribution is 2.33. The van der Waals surface area contributed by atoms with E-state index >= 15 is 0 Å². The van der Waals surface area contributed by atoms with Crippen LogP contribution in [0.25, 0.3) is 10.9 Å². The molecule has 0 saturated carbocycles. The molecule has 1 heterocycles. The van der Waals surface area contributed by atoms with Crippen molar-refractivity contribution in [1.29, 1.82) is 0 Å². The molecular formula is C17H12BrNO2. The van der Waals surface area contributed by atoms with Crippen molar-refractivity contribution in [3.63, 3.8) is 0 Å². The molecule has 2 aromatic carbocycles. The van der Waals surface area contributed by atoms with Crippen molar-refractivity contribution in [2.75, 3.05) is 0 Å². The maximum atomic E-state index is 11.4. The van der Waals surface area contributed by atoms with Gasteiger partial charge in [0.05, 0.1) is 4.47 Å². The van der Waals surface area contributed by atoms with Crippen molar-refractivity contribution in [3.05, 3.63) is 64.8 Å². The van der Waals surface area contributed by atoms with Crippen molar-refractivity contribution >= 4 is 32.6 Å². The second-order valence-electron chi connectivity index (χ2n) is 4.63. The van der Waals surface area contributed by atoms with E-state index in [9.17, 15) is 4.79 Å². The number of aromatic nitrogens is 1. The smallest absolute Gasteiger partial charge is 0.159 e. The number of rotatable bonds is 3. The molecule has 0 amide bonds. The molecule has 0 bridgehead atoms. The number of ketones is 1. The number of hydrogen-bond donors (Lipinski definition) is 0. The lowest BCUT2D eigenvalue weighted by Gasteiger charge is -2.10. The number of ether oxygens (including phenoxy) is 1. The summed E-state index contributed by atoms with van der Waals surface area (Å²) in [6.45, 7) is 1.54. The Morgan fingerprint density at radius 1 is 1.10 bits per heavy atom. The average molecular weight is 342 g/mol. The van der Waals surface area contributed by atoms with Crippen LogP contribution in [-0.4, -0.2) is 10.8 Å². The van der Waals surface area contributed by atoms with E-state index in [1.165, 1.54) is 6.92 Å². The van der Waals surface area contributed by atoms with Crippen molar-refractivity contribution in [2.24, 2.45) is 0 Å². The van der Waals surface area contributed by atoms with Gasteiger partial charge in [-0.15, -0.1) is 0 Å². The summed E-state index contributed by atoms with van der Waals surface area (Å²) < 4.78 is 6.68. The predicted octanol–water partition coefficient (Wildman–Crippen LogP) is 4.99. The number of pyridine rings is 1. The van der Waals surface area contributed by atoms with Gasteiger partial charge in [-0.25, -0.2) is 0 Å². The molecule has 0 N–H and O–H groups in total. The van der Waals surface area contributed by atoms with Gasteiger partial charge >= 0.3 is 0 Å². The minimum atomic E-state index is 0.0223. The van der Waals surface area contributed by atoms with Crippen LogP contribution in [0.2, 0.25) is 0 Å². The average Bonchev–Trinajstić information content (AvgIpc) is 2.49. The molecule has 0 aliphatic rings. The maximum absolute atomic E-state index is 11.4. The van der Waals surface area contributed by atoms with Gasteiger partial charge in [-0.3, -0.25) is 9.78 Å². The number of halogens is 1. The van der Waals surface area contributed by atoms with Gasteiger partial charge in [0.25, 0.3) is 0 Å². The SMILES string of the molecule is CC(=O)c1ccc(Oc2cccc3cccnc23)c(Br)c1. The molecule has 3 nitrogen and oxygen atoms in total. The van der Waals surface area contributed by atoms with Gasteiger partial charge in [-0.05, 0) is 53.2 Å². The fourth-order valence-electron chi connectivity index (χ4n) is 2.08. The monoisotopic (exact) mass is 341 g/mol. The number of carbonyl (C=O) groups excluding carboxylic acids is 1. The Labute approximate surface area is 130 Å². The van der Waals surface area contributed by atoms with E-state index in [4.69, 9.17) is 4.74 Å². The number of para-hydroxylation sites is 1. The van der Waals surface area contributed by atoms with Gasteiger partial charge in [-0.2, -0.15) is 0 Å². The van der Waals surface area contributed by atoms with Crippen LogP contribution in [0.1, 0.15) is 17.3 Å². The van der Waals surface area contributed by atoms with E-state index in [0.717, 1.165) is 15.4 Å². The van der Waals surface area contributed by atoms with E-state index in [0.29, 0.717) is 17.1 Å². The second-order valence-corrected chi connectivity index (χ2v) is 5.49. The van der Waals surface area contributed by atoms with Crippen molar-refractivity contribution in [3.8, 4) is 11.5 Å². The molecule has 0 fully saturated rings. The Morgan fingerprint density at radius 3 is 2.67 bits per heavy atom. The van der Waals surface area contributed by atoms with Crippen molar-refractivity contribution in [2.45, 2.75) is 6.92 Å². The molecule has 0 radical (unpaired) electrons.